The van der Waals surface area contributed by atoms with E-state index in [4.69, 9.17) is 11.6 Å². The van der Waals surface area contributed by atoms with Gasteiger partial charge in [0, 0.05) is 10.7 Å². The minimum atomic E-state index is -3.91. The quantitative estimate of drug-likeness (QED) is 0.770. The van der Waals surface area contributed by atoms with Gasteiger partial charge in [0.15, 0.2) is 6.17 Å². The van der Waals surface area contributed by atoms with Crippen LogP contribution < -0.4 is 15.4 Å². The Balaban J connectivity index is 1.84. The summed E-state index contributed by atoms with van der Waals surface area (Å²) in [5.74, 6) is -1.24. The molecule has 0 bridgehead atoms. The van der Waals surface area contributed by atoms with Crippen LogP contribution in [0.2, 0.25) is 5.02 Å². The van der Waals surface area contributed by atoms with E-state index in [9.17, 15) is 17.6 Å². The molecule has 2 aromatic carbocycles. The summed E-state index contributed by atoms with van der Waals surface area (Å²) in [5, 5.41) is 5.70. The fourth-order valence-corrected chi connectivity index (χ4v) is 3.50. The molecule has 1 amide bonds. The number of sulfonamides is 1. The molecule has 1 aliphatic rings. The Kier molecular flexibility index (Phi) is 3.97. The third kappa shape index (κ3) is 3.29. The number of nitrogens with one attached hydrogen (secondary N) is 3. The van der Waals surface area contributed by atoms with Gasteiger partial charge < -0.3 is 10.6 Å². The number of amides is 1. The number of hydrogen-bond donors (Lipinski definition) is 3. The average Bonchev–Trinajstić information content (AvgIpc) is 2.48. The van der Waals surface area contributed by atoms with Gasteiger partial charge in [-0.2, -0.15) is 4.72 Å². The molecule has 9 heteroatoms. The van der Waals surface area contributed by atoms with Crippen molar-refractivity contribution in [3.05, 3.63) is 53.3 Å². The van der Waals surface area contributed by atoms with Crippen LogP contribution in [0, 0.1) is 5.82 Å². The van der Waals surface area contributed by atoms with Gasteiger partial charge in [0.1, 0.15) is 10.7 Å². The SMILES string of the molecule is O=C(Nc1ccc(Cl)cc1)[C@@H]1Nc2cc(F)ccc2S(=O)(=O)N1. The van der Waals surface area contributed by atoms with Crippen LogP contribution in [0.1, 0.15) is 0 Å². The normalized spacial score (nSPS) is 18.6. The number of fused-ring (bicyclic) bond motifs is 1. The Bertz CT molecular complexity index is 871. The van der Waals surface area contributed by atoms with Crippen LogP contribution in [-0.2, 0) is 14.8 Å². The van der Waals surface area contributed by atoms with Crippen LogP contribution in [0.3, 0.4) is 0 Å². The maximum Gasteiger partial charge on any atom is 0.262 e. The smallest absolute Gasteiger partial charge is 0.262 e. The zero-order chi connectivity index (χ0) is 16.6. The summed E-state index contributed by atoms with van der Waals surface area (Å²) in [6.45, 7) is 0. The molecule has 120 valence electrons. The van der Waals surface area contributed by atoms with E-state index in [0.29, 0.717) is 10.7 Å². The van der Waals surface area contributed by atoms with Gasteiger partial charge in [-0.25, -0.2) is 12.8 Å². The third-order valence-electron chi connectivity index (χ3n) is 3.18. The molecule has 0 spiro atoms. The molecular weight excluding hydrogens is 345 g/mol. The molecule has 1 atom stereocenters. The van der Waals surface area contributed by atoms with Gasteiger partial charge in [-0.3, -0.25) is 4.79 Å². The summed E-state index contributed by atoms with van der Waals surface area (Å²) in [6, 6.07) is 9.51. The first-order valence-corrected chi connectivity index (χ1v) is 8.36. The summed E-state index contributed by atoms with van der Waals surface area (Å²) in [6.07, 6.45) is -1.26. The Labute approximate surface area is 136 Å². The molecule has 2 aromatic rings. The molecule has 0 saturated carbocycles. The highest BCUT2D eigenvalue weighted by Gasteiger charge is 2.33. The van der Waals surface area contributed by atoms with E-state index in [-0.39, 0.29) is 10.6 Å². The molecule has 23 heavy (non-hydrogen) atoms. The van der Waals surface area contributed by atoms with Gasteiger partial charge in [0.2, 0.25) is 10.0 Å². The van der Waals surface area contributed by atoms with Crippen LogP contribution in [-0.4, -0.2) is 20.5 Å². The Morgan fingerprint density at radius 2 is 1.87 bits per heavy atom. The zero-order valence-electron chi connectivity index (χ0n) is 11.5. The van der Waals surface area contributed by atoms with Gasteiger partial charge in [0.05, 0.1) is 5.69 Å². The van der Waals surface area contributed by atoms with Crippen molar-refractivity contribution in [1.82, 2.24) is 4.72 Å². The fourth-order valence-electron chi connectivity index (χ4n) is 2.12. The predicted molar refractivity (Wildman–Crippen MR) is 84.2 cm³/mol. The second-order valence-electron chi connectivity index (χ2n) is 4.84. The maximum absolute atomic E-state index is 13.3. The molecule has 3 N–H and O–H groups in total. The predicted octanol–water partition coefficient (Wildman–Crippen LogP) is 2.15. The summed E-state index contributed by atoms with van der Waals surface area (Å²) in [7, 11) is -3.91. The second kappa shape index (κ2) is 5.80. The molecular formula is C14H11ClFN3O3S. The summed E-state index contributed by atoms with van der Waals surface area (Å²) < 4.78 is 39.7. The molecule has 6 nitrogen and oxygen atoms in total. The van der Waals surface area contributed by atoms with E-state index < -0.39 is 27.9 Å². The summed E-state index contributed by atoms with van der Waals surface area (Å²) in [5.41, 5.74) is 0.477. The highest BCUT2D eigenvalue weighted by Crippen LogP contribution is 2.27. The van der Waals surface area contributed by atoms with E-state index in [0.717, 1.165) is 18.2 Å². The minimum Gasteiger partial charge on any atom is -0.360 e. The Morgan fingerprint density at radius 1 is 1.17 bits per heavy atom. The number of hydrogen-bond acceptors (Lipinski definition) is 4. The highest BCUT2D eigenvalue weighted by atomic mass is 35.5. The average molecular weight is 356 g/mol. The molecule has 0 aromatic heterocycles. The van der Waals surface area contributed by atoms with Crippen LogP contribution in [0.5, 0.6) is 0 Å². The van der Waals surface area contributed by atoms with E-state index in [1.165, 1.54) is 0 Å². The van der Waals surface area contributed by atoms with E-state index in [2.05, 4.69) is 15.4 Å². The third-order valence-corrected chi connectivity index (χ3v) is 4.91. The molecule has 0 fully saturated rings. The van der Waals surface area contributed by atoms with E-state index >= 15 is 0 Å². The topological polar surface area (TPSA) is 87.3 Å². The van der Waals surface area contributed by atoms with E-state index in [1.807, 2.05) is 0 Å². The number of rotatable bonds is 2. The standard InChI is InChI=1S/C14H11ClFN3O3S/c15-8-1-4-10(5-2-8)17-14(20)13-18-11-7-9(16)3-6-12(11)23(21,22)19-13/h1-7,13,18-19H,(H,17,20)/t13-/m1/s1. The molecule has 0 saturated heterocycles. The van der Waals surface area contributed by atoms with Gasteiger partial charge in [-0.15, -0.1) is 0 Å². The van der Waals surface area contributed by atoms with Crippen molar-refractivity contribution in [2.75, 3.05) is 10.6 Å². The zero-order valence-corrected chi connectivity index (χ0v) is 13.1. The van der Waals surface area contributed by atoms with Crippen molar-refractivity contribution in [3.63, 3.8) is 0 Å². The van der Waals surface area contributed by atoms with Crippen LogP contribution in [0.4, 0.5) is 15.8 Å². The van der Waals surface area contributed by atoms with Crippen molar-refractivity contribution in [3.8, 4) is 0 Å². The lowest BCUT2D eigenvalue weighted by molar-refractivity contribution is -0.117. The lowest BCUT2D eigenvalue weighted by atomic mass is 10.2. The Morgan fingerprint density at radius 3 is 2.57 bits per heavy atom. The minimum absolute atomic E-state index is 0.0278. The van der Waals surface area contributed by atoms with Crippen molar-refractivity contribution >= 4 is 38.9 Å². The lowest BCUT2D eigenvalue weighted by Crippen LogP contribution is -2.51. The van der Waals surface area contributed by atoms with Crippen molar-refractivity contribution in [1.29, 1.82) is 0 Å². The van der Waals surface area contributed by atoms with Gasteiger partial charge >= 0.3 is 0 Å². The molecule has 0 unspecified atom stereocenters. The van der Waals surface area contributed by atoms with Crippen molar-refractivity contribution in [2.24, 2.45) is 0 Å². The molecule has 0 aliphatic carbocycles. The van der Waals surface area contributed by atoms with Crippen LogP contribution in [0.25, 0.3) is 0 Å². The molecule has 3 rings (SSSR count). The van der Waals surface area contributed by atoms with Gasteiger partial charge in [0.25, 0.3) is 5.91 Å². The van der Waals surface area contributed by atoms with Gasteiger partial charge in [-0.05, 0) is 42.5 Å². The summed E-state index contributed by atoms with van der Waals surface area (Å²) >= 11 is 5.75. The molecule has 1 heterocycles. The lowest BCUT2D eigenvalue weighted by Gasteiger charge is -2.27. The first-order valence-electron chi connectivity index (χ1n) is 6.50. The monoisotopic (exact) mass is 355 g/mol. The van der Waals surface area contributed by atoms with Gasteiger partial charge in [-0.1, -0.05) is 11.6 Å². The van der Waals surface area contributed by atoms with E-state index in [1.54, 1.807) is 24.3 Å². The van der Waals surface area contributed by atoms with Crippen molar-refractivity contribution in [2.45, 2.75) is 11.1 Å². The van der Waals surface area contributed by atoms with Crippen LogP contribution >= 0.6 is 11.6 Å². The summed E-state index contributed by atoms with van der Waals surface area (Å²) in [4.78, 5) is 12.1. The largest absolute Gasteiger partial charge is 0.360 e. The number of benzene rings is 2. The van der Waals surface area contributed by atoms with Crippen LogP contribution in [0.15, 0.2) is 47.4 Å². The molecule has 0 radical (unpaired) electrons. The van der Waals surface area contributed by atoms with Crippen molar-refractivity contribution < 1.29 is 17.6 Å². The second-order valence-corrected chi connectivity index (χ2v) is 6.95. The number of anilines is 2. The fraction of sp³-hybridized carbons (Fsp3) is 0.0714. The number of halogens is 2. The number of carbonyl (C=O) groups excluding carboxylic acids is 1. The maximum atomic E-state index is 13.3. The first-order chi connectivity index (χ1) is 10.8. The molecule has 1 aliphatic heterocycles. The Hall–Kier alpha value is -2.16. The number of carbonyl (C=O) groups is 1. The first kappa shape index (κ1) is 15.7. The highest BCUT2D eigenvalue weighted by molar-refractivity contribution is 7.89.